The molecule has 2 heteroatoms. The molecule has 0 unspecified atom stereocenters. The lowest BCUT2D eigenvalue weighted by Crippen LogP contribution is -2.18. The Morgan fingerprint density at radius 2 is 0.862 bits per heavy atom. The summed E-state index contributed by atoms with van der Waals surface area (Å²) in [7, 11) is 0. The van der Waals surface area contributed by atoms with Crippen molar-refractivity contribution in [1.82, 2.24) is 0 Å². The van der Waals surface area contributed by atoms with Crippen LogP contribution in [0.15, 0.2) is 144 Å². The van der Waals surface area contributed by atoms with E-state index in [9.17, 15) is 0 Å². The van der Waals surface area contributed by atoms with Crippen molar-refractivity contribution < 1.29 is 4.42 Å². The molecule has 10 rings (SSSR count). The normalized spacial score (nSPS) is 15.0. The summed E-state index contributed by atoms with van der Waals surface area (Å²) in [6, 6.07) is 52.4. The predicted octanol–water partition coefficient (Wildman–Crippen LogP) is 15.9. The molecule has 0 saturated carbocycles. The van der Waals surface area contributed by atoms with Gasteiger partial charge in [0.2, 0.25) is 0 Å². The zero-order chi connectivity index (χ0) is 40.5. The standard InChI is InChI=1S/C56H53NO/c1-53(2,3)35-29-34(30-36(31-35)54(4,5)6)39-19-15-20-44-45-21-16-24-50(52(45)58-51(39)44)57(37-25-27-42-40-17-11-13-22-46(40)55(7,8)48(42)32-37)38-26-28-43-41-18-12-14-23-47(41)56(9,10)49(43)33-38/h11-33H,1-10H3. The van der Waals surface area contributed by atoms with E-state index < -0.39 is 0 Å². The molecule has 2 aliphatic rings. The summed E-state index contributed by atoms with van der Waals surface area (Å²) in [5, 5.41) is 2.24. The van der Waals surface area contributed by atoms with Gasteiger partial charge in [0.25, 0.3) is 0 Å². The molecule has 0 N–H and O–H groups in total. The molecule has 0 radical (unpaired) electrons. The van der Waals surface area contributed by atoms with Crippen molar-refractivity contribution in [3.8, 4) is 33.4 Å². The summed E-state index contributed by atoms with van der Waals surface area (Å²) in [6.45, 7) is 23.3. The third kappa shape index (κ3) is 5.37. The van der Waals surface area contributed by atoms with Crippen LogP contribution in [0.3, 0.4) is 0 Å². The molecule has 1 aromatic heterocycles. The lowest BCUT2D eigenvalue weighted by Gasteiger charge is -2.29. The summed E-state index contributed by atoms with van der Waals surface area (Å²) in [6.07, 6.45) is 0. The average molecular weight is 756 g/mol. The molecule has 0 amide bonds. The van der Waals surface area contributed by atoms with E-state index in [0.29, 0.717) is 0 Å². The van der Waals surface area contributed by atoms with Gasteiger partial charge < -0.3 is 9.32 Å². The topological polar surface area (TPSA) is 16.4 Å². The van der Waals surface area contributed by atoms with Crippen molar-refractivity contribution in [1.29, 1.82) is 0 Å². The Hall–Kier alpha value is -5.86. The van der Waals surface area contributed by atoms with Gasteiger partial charge in [0.15, 0.2) is 5.58 Å². The van der Waals surface area contributed by atoms with E-state index in [1.807, 2.05) is 0 Å². The number of hydrogen-bond donors (Lipinski definition) is 0. The molecule has 58 heavy (non-hydrogen) atoms. The maximum atomic E-state index is 7.27. The predicted molar refractivity (Wildman–Crippen MR) is 246 cm³/mol. The van der Waals surface area contributed by atoms with Gasteiger partial charge in [-0.3, -0.25) is 0 Å². The van der Waals surface area contributed by atoms with E-state index in [0.717, 1.165) is 44.6 Å². The number of fused-ring (bicyclic) bond motifs is 9. The Morgan fingerprint density at radius 3 is 1.38 bits per heavy atom. The number of benzene rings is 7. The average Bonchev–Trinajstić information content (AvgIpc) is 3.77. The van der Waals surface area contributed by atoms with Crippen LogP contribution < -0.4 is 4.90 Å². The van der Waals surface area contributed by atoms with Crippen molar-refractivity contribution in [2.75, 3.05) is 4.90 Å². The van der Waals surface area contributed by atoms with Gasteiger partial charge in [-0.05, 0) is 102 Å². The van der Waals surface area contributed by atoms with Crippen LogP contribution in [0, 0.1) is 0 Å². The molecule has 2 aliphatic carbocycles. The van der Waals surface area contributed by atoms with E-state index in [4.69, 9.17) is 4.42 Å². The first-order valence-electron chi connectivity index (χ1n) is 20.9. The SMILES string of the molecule is CC(C)(C)c1cc(-c2cccc3c2oc2c(N(c4ccc5c(c4)C(C)(C)c4ccccc4-5)c4ccc5c(c4)C(C)(C)c4ccccc4-5)cccc23)cc(C(C)(C)C)c1. The summed E-state index contributed by atoms with van der Waals surface area (Å²) in [5.41, 5.74) is 20.5. The molecule has 0 atom stereocenters. The van der Waals surface area contributed by atoms with Gasteiger partial charge in [-0.15, -0.1) is 0 Å². The van der Waals surface area contributed by atoms with Crippen LogP contribution in [0.5, 0.6) is 0 Å². The third-order valence-corrected chi connectivity index (χ3v) is 13.4. The lowest BCUT2D eigenvalue weighted by molar-refractivity contribution is 0.569. The minimum Gasteiger partial charge on any atom is -0.453 e. The smallest absolute Gasteiger partial charge is 0.159 e. The Balaban J connectivity index is 1.22. The number of hydrogen-bond acceptors (Lipinski definition) is 2. The van der Waals surface area contributed by atoms with Crippen LogP contribution in [0.4, 0.5) is 17.1 Å². The van der Waals surface area contributed by atoms with Gasteiger partial charge in [-0.1, -0.05) is 178 Å². The summed E-state index contributed by atoms with van der Waals surface area (Å²) in [5.74, 6) is 0. The van der Waals surface area contributed by atoms with Crippen molar-refractivity contribution in [3.05, 3.63) is 173 Å². The Morgan fingerprint density at radius 1 is 0.414 bits per heavy atom. The zero-order valence-corrected chi connectivity index (χ0v) is 35.6. The molecule has 0 aliphatic heterocycles. The fourth-order valence-electron chi connectivity index (χ4n) is 9.95. The van der Waals surface area contributed by atoms with Crippen LogP contribution in [0.1, 0.15) is 103 Å². The molecular weight excluding hydrogens is 703 g/mol. The number of furan rings is 1. The van der Waals surface area contributed by atoms with Crippen LogP contribution in [-0.2, 0) is 21.7 Å². The van der Waals surface area contributed by atoms with E-state index in [1.165, 1.54) is 61.2 Å². The third-order valence-electron chi connectivity index (χ3n) is 13.4. The van der Waals surface area contributed by atoms with Crippen molar-refractivity contribution in [2.45, 2.75) is 90.9 Å². The summed E-state index contributed by atoms with van der Waals surface area (Å²) in [4.78, 5) is 2.45. The Kier molecular flexibility index (Phi) is 7.75. The van der Waals surface area contributed by atoms with Gasteiger partial charge in [0.05, 0.1) is 5.69 Å². The molecule has 1 heterocycles. The monoisotopic (exact) mass is 755 g/mol. The molecule has 0 saturated heterocycles. The van der Waals surface area contributed by atoms with Crippen molar-refractivity contribution >= 4 is 39.0 Å². The highest BCUT2D eigenvalue weighted by atomic mass is 16.3. The highest BCUT2D eigenvalue weighted by molar-refractivity contribution is 6.13. The molecule has 8 aromatic rings. The molecule has 0 bridgehead atoms. The van der Waals surface area contributed by atoms with Crippen LogP contribution in [0.25, 0.3) is 55.3 Å². The maximum absolute atomic E-state index is 7.27. The minimum atomic E-state index is -0.136. The van der Waals surface area contributed by atoms with Crippen molar-refractivity contribution in [3.63, 3.8) is 0 Å². The quantitative estimate of drug-likeness (QED) is 0.178. The zero-order valence-electron chi connectivity index (χ0n) is 35.6. The highest BCUT2D eigenvalue weighted by Crippen LogP contribution is 2.54. The van der Waals surface area contributed by atoms with Crippen LogP contribution in [0.2, 0.25) is 0 Å². The molecule has 7 aromatic carbocycles. The minimum absolute atomic E-state index is 0.00302. The number of nitrogens with zero attached hydrogens (tertiary/aromatic N) is 1. The van der Waals surface area contributed by atoms with Gasteiger partial charge in [-0.25, -0.2) is 0 Å². The summed E-state index contributed by atoms with van der Waals surface area (Å²) < 4.78 is 7.27. The second-order valence-electron chi connectivity index (χ2n) is 19.9. The largest absolute Gasteiger partial charge is 0.453 e. The van der Waals surface area contributed by atoms with E-state index in [1.54, 1.807) is 0 Å². The maximum Gasteiger partial charge on any atom is 0.159 e. The fourth-order valence-corrected chi connectivity index (χ4v) is 9.95. The van der Waals surface area contributed by atoms with Crippen LogP contribution >= 0.6 is 0 Å². The van der Waals surface area contributed by atoms with Crippen LogP contribution in [-0.4, -0.2) is 0 Å². The number of rotatable bonds is 4. The molecule has 0 spiro atoms. The van der Waals surface area contributed by atoms with E-state index in [2.05, 4.69) is 214 Å². The summed E-state index contributed by atoms with van der Waals surface area (Å²) >= 11 is 0. The van der Waals surface area contributed by atoms with E-state index in [-0.39, 0.29) is 21.7 Å². The van der Waals surface area contributed by atoms with Crippen molar-refractivity contribution in [2.24, 2.45) is 0 Å². The molecular formula is C56H53NO. The molecule has 2 nitrogen and oxygen atoms in total. The Labute approximate surface area is 344 Å². The first-order valence-corrected chi connectivity index (χ1v) is 20.9. The first-order chi connectivity index (χ1) is 27.5. The highest BCUT2D eigenvalue weighted by Gasteiger charge is 2.38. The molecule has 288 valence electrons. The lowest BCUT2D eigenvalue weighted by atomic mass is 9.79. The first kappa shape index (κ1) is 36.5. The van der Waals surface area contributed by atoms with Gasteiger partial charge in [0.1, 0.15) is 5.58 Å². The number of anilines is 3. The van der Waals surface area contributed by atoms with E-state index >= 15 is 0 Å². The second kappa shape index (κ2) is 12.3. The number of para-hydroxylation sites is 2. The molecule has 0 fully saturated rings. The second-order valence-corrected chi connectivity index (χ2v) is 19.9. The van der Waals surface area contributed by atoms with Gasteiger partial charge in [0, 0.05) is 38.5 Å². The fraction of sp³-hybridized carbons (Fsp3) is 0.250. The Bertz CT molecular complexity index is 2840. The van der Waals surface area contributed by atoms with Gasteiger partial charge >= 0.3 is 0 Å². The van der Waals surface area contributed by atoms with Gasteiger partial charge in [-0.2, -0.15) is 0 Å².